The van der Waals surface area contributed by atoms with Crippen molar-refractivity contribution in [2.24, 2.45) is 17.8 Å². The van der Waals surface area contributed by atoms with Crippen molar-refractivity contribution in [1.82, 2.24) is 0 Å². The van der Waals surface area contributed by atoms with Gasteiger partial charge in [0.05, 0.1) is 6.10 Å². The molecule has 0 aromatic carbocycles. The van der Waals surface area contributed by atoms with E-state index < -0.39 is 5.83 Å². The van der Waals surface area contributed by atoms with Crippen LogP contribution in [-0.4, -0.2) is 12.7 Å². The summed E-state index contributed by atoms with van der Waals surface area (Å²) in [5.74, 6) is 1.51. The molecule has 0 amide bonds. The Kier molecular flexibility index (Phi) is 8.53. The number of rotatable bonds is 7. The van der Waals surface area contributed by atoms with Crippen molar-refractivity contribution >= 4 is 0 Å². The lowest BCUT2D eigenvalue weighted by Crippen LogP contribution is -2.25. The van der Waals surface area contributed by atoms with Crippen LogP contribution < -0.4 is 0 Å². The Morgan fingerprint density at radius 3 is 2.38 bits per heavy atom. The fourth-order valence-corrected chi connectivity index (χ4v) is 4.15. The highest BCUT2D eigenvalue weighted by Crippen LogP contribution is 2.33. The van der Waals surface area contributed by atoms with Crippen molar-refractivity contribution in [2.75, 3.05) is 6.61 Å². The minimum absolute atomic E-state index is 0.411. The standard InChI is InChI=1S/C21H32FNO/c1-2-4-17-7-9-19(10-8-17)16-24-21-13-11-18(12-14-21)5-3-6-20(22)15-23/h3,5-6,17-19,21H,2,4,7-14,16H2,1H3. The molecule has 0 N–H and O–H groups in total. The summed E-state index contributed by atoms with van der Waals surface area (Å²) in [7, 11) is 0. The van der Waals surface area contributed by atoms with Gasteiger partial charge in [-0.3, -0.25) is 0 Å². The van der Waals surface area contributed by atoms with Gasteiger partial charge in [-0.05, 0) is 62.4 Å². The molecule has 2 rings (SSSR count). The van der Waals surface area contributed by atoms with E-state index in [0.29, 0.717) is 12.0 Å². The minimum Gasteiger partial charge on any atom is -0.378 e. The van der Waals surface area contributed by atoms with Crippen LogP contribution in [-0.2, 0) is 4.74 Å². The molecule has 0 unspecified atom stereocenters. The van der Waals surface area contributed by atoms with Crippen LogP contribution >= 0.6 is 0 Å². The predicted molar refractivity (Wildman–Crippen MR) is 96.0 cm³/mol. The molecule has 2 saturated carbocycles. The summed E-state index contributed by atoms with van der Waals surface area (Å²) in [6.07, 6.45) is 18.0. The van der Waals surface area contributed by atoms with Gasteiger partial charge in [-0.15, -0.1) is 0 Å². The number of ether oxygens (including phenoxy) is 1. The fourth-order valence-electron chi connectivity index (χ4n) is 4.15. The van der Waals surface area contributed by atoms with Crippen LogP contribution in [0.3, 0.4) is 0 Å². The fraction of sp³-hybridized carbons (Fsp3) is 0.762. The third-order valence-electron chi connectivity index (χ3n) is 5.68. The third kappa shape index (κ3) is 6.77. The van der Waals surface area contributed by atoms with Crippen LogP contribution in [0.2, 0.25) is 0 Å². The zero-order chi connectivity index (χ0) is 17.2. The second-order valence-electron chi connectivity index (χ2n) is 7.56. The molecule has 0 bridgehead atoms. The lowest BCUT2D eigenvalue weighted by molar-refractivity contribution is -0.00659. The average Bonchev–Trinajstić information content (AvgIpc) is 2.62. The molecule has 0 aliphatic heterocycles. The topological polar surface area (TPSA) is 33.0 Å². The lowest BCUT2D eigenvalue weighted by atomic mass is 9.80. The Labute approximate surface area is 146 Å². The normalized spacial score (nSPS) is 32.0. The first-order valence-corrected chi connectivity index (χ1v) is 9.77. The van der Waals surface area contributed by atoms with E-state index >= 15 is 0 Å². The smallest absolute Gasteiger partial charge is 0.199 e. The van der Waals surface area contributed by atoms with Crippen LogP contribution in [0.4, 0.5) is 4.39 Å². The number of halogens is 1. The second-order valence-corrected chi connectivity index (χ2v) is 7.56. The highest BCUT2D eigenvalue weighted by molar-refractivity contribution is 5.19. The molecule has 2 nitrogen and oxygen atoms in total. The molecule has 134 valence electrons. The van der Waals surface area contributed by atoms with Gasteiger partial charge in [-0.25, -0.2) is 0 Å². The Balaban J connectivity index is 1.59. The summed E-state index contributed by atoms with van der Waals surface area (Å²) in [4.78, 5) is 0. The van der Waals surface area contributed by atoms with Crippen LogP contribution in [0, 0.1) is 29.1 Å². The van der Waals surface area contributed by atoms with Crippen molar-refractivity contribution in [3.05, 3.63) is 24.1 Å². The molecule has 2 aliphatic carbocycles. The van der Waals surface area contributed by atoms with E-state index in [1.54, 1.807) is 6.08 Å². The van der Waals surface area contributed by atoms with Crippen molar-refractivity contribution < 1.29 is 9.13 Å². The van der Waals surface area contributed by atoms with Gasteiger partial charge < -0.3 is 4.74 Å². The Morgan fingerprint density at radius 1 is 1.08 bits per heavy atom. The molecule has 0 heterocycles. The van der Waals surface area contributed by atoms with Crippen molar-refractivity contribution in [2.45, 2.75) is 77.2 Å². The van der Waals surface area contributed by atoms with Gasteiger partial charge in [0, 0.05) is 6.61 Å². The quantitative estimate of drug-likeness (QED) is 0.416. The van der Waals surface area contributed by atoms with E-state index in [-0.39, 0.29) is 0 Å². The lowest BCUT2D eigenvalue weighted by Gasteiger charge is -2.31. The SMILES string of the molecule is CCCC1CCC(COC2CCC(C=CC=C(F)C#N)CC2)CC1. The van der Waals surface area contributed by atoms with Crippen LogP contribution in [0.5, 0.6) is 0 Å². The first-order chi connectivity index (χ1) is 11.7. The van der Waals surface area contributed by atoms with Gasteiger partial charge in [-0.1, -0.05) is 44.8 Å². The molecule has 0 radical (unpaired) electrons. The molecule has 24 heavy (non-hydrogen) atoms. The van der Waals surface area contributed by atoms with Crippen molar-refractivity contribution in [3.8, 4) is 6.07 Å². The number of hydrogen-bond acceptors (Lipinski definition) is 2. The number of hydrogen-bond donors (Lipinski definition) is 0. The first kappa shape index (κ1) is 19.2. The molecule has 0 atom stereocenters. The predicted octanol–water partition coefficient (Wildman–Crippen LogP) is 6.10. The van der Waals surface area contributed by atoms with Crippen molar-refractivity contribution in [1.29, 1.82) is 5.26 Å². The number of allylic oxidation sites excluding steroid dienone is 4. The summed E-state index contributed by atoms with van der Waals surface area (Å²) in [6.45, 7) is 3.23. The molecule has 0 aromatic rings. The monoisotopic (exact) mass is 333 g/mol. The molecule has 0 aromatic heterocycles. The van der Waals surface area contributed by atoms with Gasteiger partial charge in [0.2, 0.25) is 0 Å². The zero-order valence-electron chi connectivity index (χ0n) is 15.1. The maximum absolute atomic E-state index is 12.7. The Bertz CT molecular complexity index is 449. The zero-order valence-corrected chi connectivity index (χ0v) is 15.1. The summed E-state index contributed by atoms with van der Waals surface area (Å²) in [6, 6.07) is 1.49. The van der Waals surface area contributed by atoms with Crippen molar-refractivity contribution in [3.63, 3.8) is 0 Å². The van der Waals surface area contributed by atoms with E-state index in [4.69, 9.17) is 10.00 Å². The molecule has 2 aliphatic rings. The summed E-state index contributed by atoms with van der Waals surface area (Å²) >= 11 is 0. The minimum atomic E-state index is -0.725. The summed E-state index contributed by atoms with van der Waals surface area (Å²) in [5.41, 5.74) is 0. The van der Waals surface area contributed by atoms with Gasteiger partial charge in [0.25, 0.3) is 0 Å². The molecule has 3 heteroatoms. The highest BCUT2D eigenvalue weighted by Gasteiger charge is 2.24. The third-order valence-corrected chi connectivity index (χ3v) is 5.68. The van der Waals surface area contributed by atoms with Gasteiger partial charge in [-0.2, -0.15) is 9.65 Å². The summed E-state index contributed by atoms with van der Waals surface area (Å²) < 4.78 is 18.9. The van der Waals surface area contributed by atoms with E-state index in [9.17, 15) is 4.39 Å². The van der Waals surface area contributed by atoms with E-state index in [1.807, 2.05) is 6.08 Å². The van der Waals surface area contributed by atoms with Crippen LogP contribution in [0.15, 0.2) is 24.1 Å². The van der Waals surface area contributed by atoms with Gasteiger partial charge in [0.1, 0.15) is 6.07 Å². The Hall–Kier alpha value is -1.14. The molecule has 2 fully saturated rings. The molecule has 0 saturated heterocycles. The maximum Gasteiger partial charge on any atom is 0.199 e. The van der Waals surface area contributed by atoms with E-state index in [2.05, 4.69) is 6.92 Å². The van der Waals surface area contributed by atoms with Gasteiger partial charge >= 0.3 is 0 Å². The van der Waals surface area contributed by atoms with E-state index in [1.165, 1.54) is 50.7 Å². The van der Waals surface area contributed by atoms with Gasteiger partial charge in [0.15, 0.2) is 5.83 Å². The molecule has 0 spiro atoms. The highest BCUT2D eigenvalue weighted by atomic mass is 19.1. The molecular weight excluding hydrogens is 301 g/mol. The maximum atomic E-state index is 12.7. The first-order valence-electron chi connectivity index (χ1n) is 9.77. The summed E-state index contributed by atoms with van der Waals surface area (Å²) in [5, 5.41) is 8.37. The number of nitriles is 1. The van der Waals surface area contributed by atoms with Crippen LogP contribution in [0.1, 0.15) is 71.1 Å². The van der Waals surface area contributed by atoms with Crippen LogP contribution in [0.25, 0.3) is 0 Å². The average molecular weight is 333 g/mol. The Morgan fingerprint density at radius 2 is 1.75 bits per heavy atom. The largest absolute Gasteiger partial charge is 0.378 e. The molecular formula is C21H32FNO. The number of nitrogens with zero attached hydrogens (tertiary/aromatic N) is 1. The second kappa shape index (κ2) is 10.7. The van der Waals surface area contributed by atoms with E-state index in [0.717, 1.165) is 44.1 Å².